The van der Waals surface area contributed by atoms with Crippen molar-refractivity contribution in [2.24, 2.45) is 0 Å². The van der Waals surface area contributed by atoms with Crippen molar-refractivity contribution < 1.29 is 19.1 Å². The highest BCUT2D eigenvalue weighted by molar-refractivity contribution is 5.88. The van der Waals surface area contributed by atoms with Gasteiger partial charge in [0.15, 0.2) is 0 Å². The number of likely N-dealkylation sites (tertiary alicyclic amines) is 1. The predicted octanol–water partition coefficient (Wildman–Crippen LogP) is 4.60. The number of hydrogen-bond donors (Lipinski definition) is 0. The highest BCUT2D eigenvalue weighted by Crippen LogP contribution is 2.29. The van der Waals surface area contributed by atoms with Gasteiger partial charge >= 0.3 is 12.1 Å². The molecule has 0 saturated carbocycles. The van der Waals surface area contributed by atoms with Gasteiger partial charge in [0.25, 0.3) is 0 Å². The minimum Gasteiger partial charge on any atom is -0.462 e. The molecule has 0 bridgehead atoms. The number of carbonyl (C=O) groups excluding carboxylic acids is 2. The molecule has 3 rings (SSSR count). The van der Waals surface area contributed by atoms with E-state index in [1.54, 1.807) is 23.2 Å². The van der Waals surface area contributed by atoms with Crippen LogP contribution in [0.2, 0.25) is 0 Å². The molecule has 1 fully saturated rings. The topological polar surface area (TPSA) is 68.7 Å². The highest BCUT2D eigenvalue weighted by atomic mass is 16.6. The molecular weight excluding hydrogens is 380 g/mol. The molecule has 1 aliphatic heterocycles. The smallest absolute Gasteiger partial charge is 0.410 e. The van der Waals surface area contributed by atoms with E-state index in [0.717, 1.165) is 18.4 Å². The molecule has 6 heteroatoms. The molecule has 30 heavy (non-hydrogen) atoms. The molecule has 2 aromatic rings. The summed E-state index contributed by atoms with van der Waals surface area (Å²) in [6.45, 7) is 7.43. The van der Waals surface area contributed by atoms with E-state index < -0.39 is 5.60 Å². The van der Waals surface area contributed by atoms with Crippen molar-refractivity contribution in [3.8, 4) is 0 Å². The van der Waals surface area contributed by atoms with E-state index in [-0.39, 0.29) is 12.1 Å². The van der Waals surface area contributed by atoms with Gasteiger partial charge in [0.1, 0.15) is 5.60 Å². The summed E-state index contributed by atoms with van der Waals surface area (Å²) in [5, 5.41) is 0. The van der Waals surface area contributed by atoms with Gasteiger partial charge in [0.2, 0.25) is 0 Å². The van der Waals surface area contributed by atoms with Crippen molar-refractivity contribution in [3.63, 3.8) is 0 Å². The first-order chi connectivity index (χ1) is 14.3. The Morgan fingerprint density at radius 1 is 1.10 bits per heavy atom. The molecule has 0 atom stereocenters. The van der Waals surface area contributed by atoms with Crippen LogP contribution in [-0.2, 0) is 15.9 Å². The van der Waals surface area contributed by atoms with Gasteiger partial charge in [-0.1, -0.05) is 24.3 Å². The minimum atomic E-state index is -0.462. The maximum absolute atomic E-state index is 12.2. The lowest BCUT2D eigenvalue weighted by molar-refractivity contribution is 0.0204. The maximum atomic E-state index is 12.2. The number of aromatic nitrogens is 1. The fourth-order valence-corrected chi connectivity index (χ4v) is 3.51. The third kappa shape index (κ3) is 6.31. The van der Waals surface area contributed by atoms with E-state index in [1.165, 1.54) is 11.8 Å². The summed E-state index contributed by atoms with van der Waals surface area (Å²) in [4.78, 5) is 29.9. The summed E-state index contributed by atoms with van der Waals surface area (Å²) in [7, 11) is 0. The zero-order chi connectivity index (χ0) is 21.6. The van der Waals surface area contributed by atoms with Gasteiger partial charge in [0.05, 0.1) is 12.2 Å². The molecule has 0 N–H and O–H groups in total. The van der Waals surface area contributed by atoms with Crippen LogP contribution < -0.4 is 0 Å². The molecule has 2 heterocycles. The maximum Gasteiger partial charge on any atom is 0.410 e. The number of carbonyl (C=O) groups is 2. The second-order valence-electron chi connectivity index (χ2n) is 8.61. The molecule has 1 aromatic carbocycles. The normalized spacial score (nSPS) is 15.0. The van der Waals surface area contributed by atoms with Gasteiger partial charge in [-0.3, -0.25) is 4.98 Å². The number of pyridine rings is 1. The van der Waals surface area contributed by atoms with Crippen molar-refractivity contribution in [1.29, 1.82) is 0 Å². The van der Waals surface area contributed by atoms with Gasteiger partial charge in [0, 0.05) is 31.9 Å². The lowest BCUT2D eigenvalue weighted by Gasteiger charge is -2.33. The summed E-state index contributed by atoms with van der Waals surface area (Å²) < 4.78 is 10.8. The number of hydrogen-bond acceptors (Lipinski definition) is 5. The van der Waals surface area contributed by atoms with Crippen LogP contribution in [0.1, 0.15) is 61.0 Å². The first-order valence-electron chi connectivity index (χ1n) is 10.5. The number of amides is 1. The molecule has 6 nitrogen and oxygen atoms in total. The summed E-state index contributed by atoms with van der Waals surface area (Å²) in [5.74, 6) is 0.0950. The zero-order valence-corrected chi connectivity index (χ0v) is 18.0. The molecule has 1 aliphatic rings. The second kappa shape index (κ2) is 9.74. The van der Waals surface area contributed by atoms with Gasteiger partial charge in [-0.25, -0.2) is 9.59 Å². The van der Waals surface area contributed by atoms with Crippen LogP contribution in [0, 0.1) is 0 Å². The molecule has 0 unspecified atom stereocenters. The largest absolute Gasteiger partial charge is 0.462 e. The van der Waals surface area contributed by atoms with E-state index in [1.807, 2.05) is 20.8 Å². The Balaban J connectivity index is 1.44. The highest BCUT2D eigenvalue weighted by Gasteiger charge is 2.27. The Bertz CT molecular complexity index is 836. The van der Waals surface area contributed by atoms with Crippen LogP contribution in [0.3, 0.4) is 0 Å². The fraction of sp³-hybridized carbons (Fsp3) is 0.458. The van der Waals surface area contributed by atoms with E-state index in [4.69, 9.17) is 9.47 Å². The number of ether oxygens (including phenoxy) is 2. The average Bonchev–Trinajstić information content (AvgIpc) is 2.74. The van der Waals surface area contributed by atoms with E-state index in [2.05, 4.69) is 29.2 Å². The fourth-order valence-electron chi connectivity index (χ4n) is 3.51. The monoisotopic (exact) mass is 410 g/mol. The lowest BCUT2D eigenvalue weighted by Crippen LogP contribution is -2.41. The molecule has 0 aliphatic carbocycles. The van der Waals surface area contributed by atoms with E-state index in [0.29, 0.717) is 37.6 Å². The van der Waals surface area contributed by atoms with E-state index in [9.17, 15) is 9.59 Å². The van der Waals surface area contributed by atoms with Gasteiger partial charge in [-0.05, 0) is 62.8 Å². The van der Waals surface area contributed by atoms with Crippen LogP contribution in [0.4, 0.5) is 4.79 Å². The zero-order valence-electron chi connectivity index (χ0n) is 18.0. The molecular formula is C24H30N2O4. The minimum absolute atomic E-state index is 0.225. The van der Waals surface area contributed by atoms with Crippen molar-refractivity contribution in [3.05, 3.63) is 65.5 Å². The molecule has 1 saturated heterocycles. The molecule has 1 amide bonds. The van der Waals surface area contributed by atoms with Crippen molar-refractivity contribution in [2.75, 3.05) is 19.7 Å². The molecule has 0 radical (unpaired) electrons. The van der Waals surface area contributed by atoms with Gasteiger partial charge in [-0.15, -0.1) is 0 Å². The predicted molar refractivity (Wildman–Crippen MR) is 114 cm³/mol. The first-order valence-corrected chi connectivity index (χ1v) is 10.5. The summed E-state index contributed by atoms with van der Waals surface area (Å²) in [5.41, 5.74) is 2.42. The Labute approximate surface area is 178 Å². The number of piperidine rings is 1. The summed E-state index contributed by atoms with van der Waals surface area (Å²) in [6, 6.07) is 11.9. The number of rotatable bonds is 5. The Morgan fingerprint density at radius 3 is 2.40 bits per heavy atom. The first kappa shape index (κ1) is 21.8. The quantitative estimate of drug-likeness (QED) is 0.674. The van der Waals surface area contributed by atoms with Crippen LogP contribution in [0.15, 0.2) is 48.8 Å². The van der Waals surface area contributed by atoms with Gasteiger partial charge in [-0.2, -0.15) is 0 Å². The van der Waals surface area contributed by atoms with Crippen LogP contribution in [0.5, 0.6) is 0 Å². The molecule has 160 valence electrons. The third-order valence-electron chi connectivity index (χ3n) is 5.12. The van der Waals surface area contributed by atoms with Crippen LogP contribution in [-0.4, -0.2) is 47.2 Å². The standard InChI is InChI=1S/C24H30N2O4/c1-24(2,3)30-23(28)26-14-10-20(11-15-26)19-8-6-18(7-9-19)12-16-29-22(27)21-5-4-13-25-17-21/h4-9,13,17,20H,10-12,14-16H2,1-3H3. The summed E-state index contributed by atoms with van der Waals surface area (Å²) in [6.07, 6.45) is 5.44. The van der Waals surface area contributed by atoms with Crippen LogP contribution >= 0.6 is 0 Å². The Morgan fingerprint density at radius 2 is 1.80 bits per heavy atom. The Kier molecular flexibility index (Phi) is 7.08. The third-order valence-corrected chi connectivity index (χ3v) is 5.12. The summed E-state index contributed by atoms with van der Waals surface area (Å²) >= 11 is 0. The number of benzene rings is 1. The van der Waals surface area contributed by atoms with Crippen molar-refractivity contribution in [2.45, 2.75) is 51.6 Å². The van der Waals surface area contributed by atoms with Crippen molar-refractivity contribution >= 4 is 12.1 Å². The lowest BCUT2D eigenvalue weighted by atomic mass is 9.89. The number of esters is 1. The average molecular weight is 411 g/mol. The van der Waals surface area contributed by atoms with E-state index >= 15 is 0 Å². The second-order valence-corrected chi connectivity index (χ2v) is 8.61. The van der Waals surface area contributed by atoms with Crippen LogP contribution in [0.25, 0.3) is 0 Å². The SMILES string of the molecule is CC(C)(C)OC(=O)N1CCC(c2ccc(CCOC(=O)c3cccnc3)cc2)CC1. The van der Waals surface area contributed by atoms with Crippen molar-refractivity contribution in [1.82, 2.24) is 9.88 Å². The van der Waals surface area contributed by atoms with Gasteiger partial charge < -0.3 is 14.4 Å². The molecule has 0 spiro atoms. The number of nitrogens with zero attached hydrogens (tertiary/aromatic N) is 2. The Hall–Kier alpha value is -2.89. The molecule has 1 aromatic heterocycles.